The Morgan fingerprint density at radius 2 is 1.25 bits per heavy atom. The van der Waals surface area contributed by atoms with Crippen molar-refractivity contribution in [3.05, 3.63) is 90.7 Å². The van der Waals surface area contributed by atoms with Crippen LogP contribution in [0.1, 0.15) is 0 Å². The minimum absolute atomic E-state index is 0.0244. The van der Waals surface area contributed by atoms with Gasteiger partial charge in [0.2, 0.25) is 0 Å². The molecule has 0 saturated carbocycles. The third-order valence-electron chi connectivity index (χ3n) is 5.82. The van der Waals surface area contributed by atoms with Crippen LogP contribution in [0.25, 0.3) is 43.8 Å². The summed E-state index contributed by atoms with van der Waals surface area (Å²) in [4.78, 5) is 0. The third-order valence-corrected chi connectivity index (χ3v) is 5.82. The van der Waals surface area contributed by atoms with E-state index in [1.54, 1.807) is 18.2 Å². The molecule has 0 spiro atoms. The number of hydrogen-bond donors (Lipinski definition) is 1. The SMILES string of the molecule is COc1cc(F)c(-c2ccccc2O)c(OC)c1-c1c2ccccc2cc2ccccc12. The van der Waals surface area contributed by atoms with E-state index in [1.165, 1.54) is 26.4 Å². The molecule has 0 aliphatic rings. The molecule has 5 aromatic rings. The molecule has 158 valence electrons. The van der Waals surface area contributed by atoms with Crippen molar-refractivity contribution in [2.24, 2.45) is 0 Å². The molecule has 0 atom stereocenters. The lowest BCUT2D eigenvalue weighted by Gasteiger charge is -2.21. The second kappa shape index (κ2) is 7.89. The quantitative estimate of drug-likeness (QED) is 0.310. The van der Waals surface area contributed by atoms with E-state index < -0.39 is 5.82 Å². The number of methoxy groups -OCH3 is 2. The van der Waals surface area contributed by atoms with Crippen LogP contribution >= 0.6 is 0 Å². The fourth-order valence-electron chi connectivity index (χ4n) is 4.43. The van der Waals surface area contributed by atoms with E-state index in [0.29, 0.717) is 22.6 Å². The Morgan fingerprint density at radius 3 is 1.84 bits per heavy atom. The number of ether oxygens (including phenoxy) is 2. The van der Waals surface area contributed by atoms with E-state index >= 15 is 4.39 Å². The number of fused-ring (bicyclic) bond motifs is 2. The number of rotatable bonds is 4. The number of benzene rings is 5. The summed E-state index contributed by atoms with van der Waals surface area (Å²) >= 11 is 0. The zero-order valence-corrected chi connectivity index (χ0v) is 17.7. The normalized spacial score (nSPS) is 11.1. The number of para-hydroxylation sites is 1. The Bertz CT molecular complexity index is 1420. The predicted octanol–water partition coefficient (Wildman–Crippen LogP) is 7.19. The van der Waals surface area contributed by atoms with Crippen LogP contribution in [0.4, 0.5) is 4.39 Å². The third kappa shape index (κ3) is 3.04. The zero-order valence-electron chi connectivity index (χ0n) is 17.7. The summed E-state index contributed by atoms with van der Waals surface area (Å²) in [6.07, 6.45) is 0. The number of halogens is 1. The number of hydrogen-bond acceptors (Lipinski definition) is 3. The minimum atomic E-state index is -0.534. The monoisotopic (exact) mass is 424 g/mol. The molecule has 0 aliphatic carbocycles. The molecule has 5 aromatic carbocycles. The largest absolute Gasteiger partial charge is 0.507 e. The van der Waals surface area contributed by atoms with Crippen LogP contribution in [0.2, 0.25) is 0 Å². The average molecular weight is 424 g/mol. The molecular weight excluding hydrogens is 403 g/mol. The summed E-state index contributed by atoms with van der Waals surface area (Å²) in [5.74, 6) is 0.113. The fourth-order valence-corrected chi connectivity index (χ4v) is 4.43. The lowest BCUT2D eigenvalue weighted by atomic mass is 9.88. The molecule has 0 fully saturated rings. The standard InChI is InChI=1S/C28H21FO3/c1-31-24-16-22(29)26(21-13-7-8-14-23(21)30)28(32-2)27(24)25-19-11-5-3-9-17(19)15-18-10-4-6-12-20(18)25/h3-16,30H,1-2H3. The zero-order chi connectivity index (χ0) is 22.2. The summed E-state index contributed by atoms with van der Waals surface area (Å²) in [5.41, 5.74) is 2.08. The van der Waals surface area contributed by atoms with Gasteiger partial charge in [0.25, 0.3) is 0 Å². The lowest BCUT2D eigenvalue weighted by molar-refractivity contribution is 0.393. The first-order valence-corrected chi connectivity index (χ1v) is 10.3. The molecular formula is C28H21FO3. The van der Waals surface area contributed by atoms with Gasteiger partial charge in [0.15, 0.2) is 0 Å². The van der Waals surface area contributed by atoms with E-state index in [0.717, 1.165) is 27.1 Å². The summed E-state index contributed by atoms with van der Waals surface area (Å²) in [7, 11) is 3.03. The van der Waals surface area contributed by atoms with Crippen molar-refractivity contribution in [3.8, 4) is 39.5 Å². The molecule has 5 rings (SSSR count). The molecule has 0 bridgehead atoms. The molecule has 0 saturated heterocycles. The Kier molecular flexibility index (Phi) is 4.91. The maximum Gasteiger partial charge on any atom is 0.141 e. The van der Waals surface area contributed by atoms with Gasteiger partial charge in [-0.15, -0.1) is 0 Å². The Hall–Kier alpha value is -4.05. The lowest BCUT2D eigenvalue weighted by Crippen LogP contribution is -2.00. The minimum Gasteiger partial charge on any atom is -0.507 e. The average Bonchev–Trinajstić information content (AvgIpc) is 2.82. The van der Waals surface area contributed by atoms with Crippen molar-refractivity contribution >= 4 is 21.5 Å². The summed E-state index contributed by atoms with van der Waals surface area (Å²) in [5, 5.41) is 14.6. The highest BCUT2D eigenvalue weighted by Gasteiger charge is 2.26. The molecule has 0 amide bonds. The summed E-state index contributed by atoms with van der Waals surface area (Å²) in [6, 6.07) is 26.3. The Labute approximate surface area is 185 Å². The van der Waals surface area contributed by atoms with Gasteiger partial charge in [-0.1, -0.05) is 66.7 Å². The van der Waals surface area contributed by atoms with Gasteiger partial charge in [0.05, 0.1) is 25.3 Å². The maximum absolute atomic E-state index is 15.4. The van der Waals surface area contributed by atoms with Gasteiger partial charge in [-0.05, 0) is 33.7 Å². The van der Waals surface area contributed by atoms with E-state index in [-0.39, 0.29) is 11.3 Å². The highest BCUT2D eigenvalue weighted by atomic mass is 19.1. The maximum atomic E-state index is 15.4. The molecule has 0 radical (unpaired) electrons. The highest BCUT2D eigenvalue weighted by molar-refractivity contribution is 6.15. The first kappa shape index (κ1) is 19.9. The van der Waals surface area contributed by atoms with E-state index in [2.05, 4.69) is 18.2 Å². The Balaban J connectivity index is 2.00. The van der Waals surface area contributed by atoms with Gasteiger partial charge in [0, 0.05) is 17.2 Å². The van der Waals surface area contributed by atoms with Crippen molar-refractivity contribution < 1.29 is 19.0 Å². The molecule has 4 heteroatoms. The molecule has 32 heavy (non-hydrogen) atoms. The molecule has 0 unspecified atom stereocenters. The summed E-state index contributed by atoms with van der Waals surface area (Å²) < 4.78 is 26.9. The first-order valence-electron chi connectivity index (χ1n) is 10.3. The van der Waals surface area contributed by atoms with Gasteiger partial charge in [-0.3, -0.25) is 0 Å². The van der Waals surface area contributed by atoms with Crippen molar-refractivity contribution in [3.63, 3.8) is 0 Å². The molecule has 1 N–H and O–H groups in total. The number of aromatic hydroxyl groups is 1. The van der Waals surface area contributed by atoms with Crippen LogP contribution in [-0.2, 0) is 0 Å². The van der Waals surface area contributed by atoms with Crippen molar-refractivity contribution in [1.82, 2.24) is 0 Å². The number of phenols is 1. The van der Waals surface area contributed by atoms with Crippen molar-refractivity contribution in [2.45, 2.75) is 0 Å². The van der Waals surface area contributed by atoms with Gasteiger partial charge < -0.3 is 14.6 Å². The van der Waals surface area contributed by atoms with Crippen LogP contribution in [0.15, 0.2) is 84.9 Å². The summed E-state index contributed by atoms with van der Waals surface area (Å²) in [6.45, 7) is 0. The van der Waals surface area contributed by atoms with Gasteiger partial charge >= 0.3 is 0 Å². The van der Waals surface area contributed by atoms with Crippen LogP contribution in [0.3, 0.4) is 0 Å². The topological polar surface area (TPSA) is 38.7 Å². The number of phenolic OH excluding ortho intramolecular Hbond substituents is 1. The highest BCUT2D eigenvalue weighted by Crippen LogP contribution is 2.51. The van der Waals surface area contributed by atoms with E-state index in [9.17, 15) is 5.11 Å². The predicted molar refractivity (Wildman–Crippen MR) is 127 cm³/mol. The molecule has 0 heterocycles. The van der Waals surface area contributed by atoms with E-state index in [1.807, 2.05) is 36.4 Å². The van der Waals surface area contributed by atoms with E-state index in [4.69, 9.17) is 9.47 Å². The van der Waals surface area contributed by atoms with Gasteiger partial charge in [0.1, 0.15) is 23.1 Å². The fraction of sp³-hybridized carbons (Fsp3) is 0.0714. The second-order valence-electron chi connectivity index (χ2n) is 7.55. The van der Waals surface area contributed by atoms with Crippen LogP contribution in [0.5, 0.6) is 17.2 Å². The molecule has 0 aliphatic heterocycles. The van der Waals surface area contributed by atoms with Crippen molar-refractivity contribution in [2.75, 3.05) is 14.2 Å². The Morgan fingerprint density at radius 1 is 0.656 bits per heavy atom. The smallest absolute Gasteiger partial charge is 0.141 e. The van der Waals surface area contributed by atoms with Crippen LogP contribution in [0, 0.1) is 5.82 Å². The first-order chi connectivity index (χ1) is 15.6. The van der Waals surface area contributed by atoms with Crippen LogP contribution < -0.4 is 9.47 Å². The van der Waals surface area contributed by atoms with Gasteiger partial charge in [-0.2, -0.15) is 0 Å². The van der Waals surface area contributed by atoms with Gasteiger partial charge in [-0.25, -0.2) is 4.39 Å². The molecule has 0 aromatic heterocycles. The molecule has 3 nitrogen and oxygen atoms in total. The van der Waals surface area contributed by atoms with Crippen molar-refractivity contribution in [1.29, 1.82) is 0 Å². The van der Waals surface area contributed by atoms with Crippen LogP contribution in [-0.4, -0.2) is 19.3 Å². The second-order valence-corrected chi connectivity index (χ2v) is 7.55.